The van der Waals surface area contributed by atoms with Gasteiger partial charge in [-0.2, -0.15) is 0 Å². The first-order chi connectivity index (χ1) is 20.3. The normalized spacial score (nSPS) is 33.2. The third-order valence-corrected chi connectivity index (χ3v) is 8.26. The van der Waals surface area contributed by atoms with E-state index in [4.69, 9.17) is 0 Å². The maximum Gasteiger partial charge on any atom is 1.20 e. The lowest BCUT2D eigenvalue weighted by atomic mass is 10.0. The number of hydrogen-bond acceptors (Lipinski definition) is 24. The highest BCUT2D eigenvalue weighted by Gasteiger charge is 2.57. The second-order valence-electron chi connectivity index (χ2n) is 8.81. The Morgan fingerprint density at radius 3 is 0.909 bits per heavy atom. The smallest absolute Gasteiger partial charge is 0.549 e. The number of carbonyl (C=O) groups excluding carboxylic acids is 6. The van der Waals surface area contributed by atoms with Crippen molar-refractivity contribution in [3.8, 4) is 0 Å². The van der Waals surface area contributed by atoms with Gasteiger partial charge >= 0.3 is 66.1 Å². The third-order valence-electron chi connectivity index (χ3n) is 5.71. The van der Waals surface area contributed by atoms with Gasteiger partial charge in [0, 0.05) is 0 Å². The minimum absolute atomic E-state index is 1.85. The molecule has 0 saturated carbocycles. The quantitative estimate of drug-likeness (QED) is 0.111. The molecule has 2 saturated heterocycles. The second kappa shape index (κ2) is 15.6. The highest BCUT2D eigenvalue weighted by molar-refractivity contribution is 6.45. The molecule has 0 aromatic rings. The molecule has 0 amide bonds. The Balaban J connectivity index is 2.09. The van der Waals surface area contributed by atoms with E-state index in [0.717, 1.165) is 0 Å². The van der Waals surface area contributed by atoms with Gasteiger partial charge in [0.25, 0.3) is 0 Å². The lowest BCUT2D eigenvalue weighted by Gasteiger charge is -2.26. The zero-order chi connectivity index (χ0) is 33.8. The van der Waals surface area contributed by atoms with Crippen LogP contribution < -0.4 is 0 Å². The summed E-state index contributed by atoms with van der Waals surface area (Å²) in [5.74, 6) is -11.6. The molecule has 246 valence electrons. The first-order valence-corrected chi connectivity index (χ1v) is 14.5. The van der Waals surface area contributed by atoms with Crippen LogP contribution >= 0.6 is 0 Å². The molecule has 2 rings (SSSR count). The van der Waals surface area contributed by atoms with Crippen LogP contribution in [0.3, 0.4) is 0 Å². The molecule has 2 heterocycles. The van der Waals surface area contributed by atoms with E-state index in [9.17, 15) is 90.0 Å². The van der Waals surface area contributed by atoms with Gasteiger partial charge in [0.2, 0.25) is 0 Å². The van der Waals surface area contributed by atoms with Gasteiger partial charge in [-0.3, -0.25) is 28.8 Å². The van der Waals surface area contributed by atoms with Gasteiger partial charge in [0.1, 0.15) is 36.6 Å². The van der Waals surface area contributed by atoms with Crippen LogP contribution in [0.25, 0.3) is 0 Å². The Morgan fingerprint density at radius 2 is 0.705 bits per heavy atom. The van der Waals surface area contributed by atoms with Crippen LogP contribution in [0, 0.1) is 0 Å². The summed E-state index contributed by atoms with van der Waals surface area (Å²) in [6.07, 6.45) is -32.2. The van der Waals surface area contributed by atoms with E-state index in [-0.39, 0.29) is 0 Å². The molecule has 2 aliphatic heterocycles. The zero-order valence-corrected chi connectivity index (χ0v) is 23.7. The van der Waals surface area contributed by atoms with Crippen molar-refractivity contribution in [1.82, 2.24) is 0 Å². The fraction of sp³-hybridized carbons (Fsp3) is 0.667. The maximum atomic E-state index is 12.2. The van der Waals surface area contributed by atoms with Crippen LogP contribution in [0.2, 0.25) is 0 Å². The molecule has 2 fully saturated rings. The van der Waals surface area contributed by atoms with Gasteiger partial charge in [0.05, 0.1) is 0 Å². The monoisotopic (exact) mass is 678 g/mol. The molecule has 44 heavy (non-hydrogen) atoms. The van der Waals surface area contributed by atoms with Crippen molar-refractivity contribution < 1.29 is 113 Å². The summed E-state index contributed by atoms with van der Waals surface area (Å²) < 4.78 is 26.3. The molecule has 24 nitrogen and oxygen atoms in total. The highest BCUT2D eigenvalue weighted by Crippen LogP contribution is 2.16. The van der Waals surface area contributed by atoms with Crippen molar-refractivity contribution in [3.05, 3.63) is 0 Å². The van der Waals surface area contributed by atoms with E-state index in [1.165, 1.54) is 0 Å². The fourth-order valence-electron chi connectivity index (χ4n) is 3.09. The minimum Gasteiger partial charge on any atom is -0.549 e. The lowest BCUT2D eigenvalue weighted by Crippen LogP contribution is -2.53. The van der Waals surface area contributed by atoms with Crippen molar-refractivity contribution in [2.24, 2.45) is 0 Å². The van der Waals surface area contributed by atoms with Crippen molar-refractivity contribution in [3.63, 3.8) is 0 Å². The Labute approximate surface area is 252 Å². The number of aliphatic hydroxyl groups excluding tert-OH is 12. The summed E-state index contributed by atoms with van der Waals surface area (Å²) in [5, 5.41) is 117. The predicted octanol–water partition coefficient (Wildman–Crippen LogP) is -11.4. The number of rotatable bonds is 7. The Bertz CT molecular complexity index is 963. The SMILES string of the molecule is O=C1[O][Al]([O]C(=O)[C@H](O)[C@@H](O)[C@H](O)[C@H](O)C(=O)[O][Al]2[O]C(=O)[C@@H](O)[C@H](O)[C@H](O)[C@@H](O)C(=O)[O]2)[O]C(=O)[C@@H](O)[C@@H](O)[C@@H](O)[C@@H]1O. The van der Waals surface area contributed by atoms with E-state index in [0.29, 0.717) is 0 Å². The van der Waals surface area contributed by atoms with E-state index in [1.807, 2.05) is 0 Å². The molecule has 2 aliphatic rings. The fourth-order valence-corrected chi connectivity index (χ4v) is 5.35. The standard InChI is InChI=1S/3C6H10O8.2Al/c3*7-1(3(9)5(11)12)2(8)4(10)6(13)14;;/h3*1-4,7-10H,(H,11,12)(H,13,14);;/q;;;2*+3/p-6/t1-,2+,3+,4-;1-,2+,3-,4-;1-,2-,3-,4+;;/m.00../s1. The average Bonchev–Trinajstić information content (AvgIpc) is 3.02. The molecule has 0 aromatic carbocycles. The minimum atomic E-state index is -4.54. The summed E-state index contributed by atoms with van der Waals surface area (Å²) >= 11 is -9.08. The molecule has 12 N–H and O–H groups in total. The molecule has 0 radical (unpaired) electrons. The first kappa shape index (κ1) is 37.6. The van der Waals surface area contributed by atoms with Crippen molar-refractivity contribution in [1.29, 1.82) is 0 Å². The van der Waals surface area contributed by atoms with Crippen LogP contribution in [-0.4, -0.2) is 201 Å². The lowest BCUT2D eigenvalue weighted by molar-refractivity contribution is -0.176. The number of aliphatic hydroxyl groups is 12. The third kappa shape index (κ3) is 8.77. The number of carbonyl (C=O) groups is 6. The molecule has 0 spiro atoms. The van der Waals surface area contributed by atoms with Crippen molar-refractivity contribution >= 4 is 66.1 Å². The van der Waals surface area contributed by atoms with Crippen molar-refractivity contribution in [2.45, 2.75) is 73.2 Å². The molecule has 26 heteroatoms. The molecule has 0 unspecified atom stereocenters. The second-order valence-corrected chi connectivity index (χ2v) is 11.4. The van der Waals surface area contributed by atoms with Crippen LogP contribution in [0.15, 0.2) is 0 Å². The molecule has 0 aliphatic carbocycles. The van der Waals surface area contributed by atoms with Crippen LogP contribution in [0.4, 0.5) is 0 Å². The molecule has 0 aromatic heterocycles. The summed E-state index contributed by atoms with van der Waals surface area (Å²) in [5.41, 5.74) is 0. The molecule has 12 atom stereocenters. The van der Waals surface area contributed by atoms with Gasteiger partial charge in [0.15, 0.2) is 36.6 Å². The van der Waals surface area contributed by atoms with Gasteiger partial charge in [-0.1, -0.05) is 0 Å². The maximum absolute atomic E-state index is 12.2. The average molecular weight is 678 g/mol. The predicted molar refractivity (Wildman–Crippen MR) is 120 cm³/mol. The summed E-state index contributed by atoms with van der Waals surface area (Å²) in [4.78, 5) is 71.9. The Hall–Kier alpha value is -2.60. The van der Waals surface area contributed by atoms with Crippen LogP contribution in [0.5, 0.6) is 0 Å². The topological polar surface area (TPSA) is 401 Å². The van der Waals surface area contributed by atoms with Gasteiger partial charge < -0.3 is 84.0 Å². The van der Waals surface area contributed by atoms with Crippen molar-refractivity contribution in [2.75, 3.05) is 0 Å². The summed E-state index contributed by atoms with van der Waals surface area (Å²) in [6.45, 7) is 0. The van der Waals surface area contributed by atoms with Gasteiger partial charge in [-0.05, 0) is 0 Å². The number of hydrogen-bond donors (Lipinski definition) is 12. The Kier molecular flexibility index (Phi) is 13.3. The Morgan fingerprint density at radius 1 is 0.500 bits per heavy atom. The van der Waals surface area contributed by atoms with Crippen LogP contribution in [-0.2, 0) is 51.5 Å². The first-order valence-electron chi connectivity index (χ1n) is 11.7. The zero-order valence-electron chi connectivity index (χ0n) is 21.3. The van der Waals surface area contributed by atoms with E-state index >= 15 is 0 Å². The van der Waals surface area contributed by atoms with E-state index < -0.39 is 139 Å². The molecule has 0 bridgehead atoms. The van der Waals surface area contributed by atoms with Crippen LogP contribution in [0.1, 0.15) is 0 Å². The van der Waals surface area contributed by atoms with Gasteiger partial charge in [-0.15, -0.1) is 0 Å². The van der Waals surface area contributed by atoms with E-state index in [1.54, 1.807) is 0 Å². The summed E-state index contributed by atoms with van der Waals surface area (Å²) in [6, 6.07) is 0. The highest BCUT2D eigenvalue weighted by atomic mass is 27.3. The van der Waals surface area contributed by atoms with E-state index in [2.05, 4.69) is 22.7 Å². The summed E-state index contributed by atoms with van der Waals surface area (Å²) in [7, 11) is 0. The van der Waals surface area contributed by atoms with Gasteiger partial charge in [-0.25, -0.2) is 0 Å². The molecular formula is C18H24Al2O24. The molecular weight excluding hydrogens is 654 g/mol. The largest absolute Gasteiger partial charge is 1.20 e.